The van der Waals surface area contributed by atoms with Gasteiger partial charge in [-0.25, -0.2) is 0 Å². The first kappa shape index (κ1) is 16.0. The van der Waals surface area contributed by atoms with E-state index in [0.717, 1.165) is 31.7 Å². The van der Waals surface area contributed by atoms with Crippen LogP contribution in [0, 0.1) is 5.92 Å². The quantitative estimate of drug-likeness (QED) is 0.874. The molecule has 21 heavy (non-hydrogen) atoms. The Balaban J connectivity index is 2.03. The van der Waals surface area contributed by atoms with Crippen molar-refractivity contribution >= 4 is 5.97 Å². The smallest absolute Gasteiger partial charge is 0.315 e. The number of hydrogen-bond donors (Lipinski definition) is 1. The van der Waals surface area contributed by atoms with Crippen molar-refractivity contribution in [3.05, 3.63) is 35.9 Å². The van der Waals surface area contributed by atoms with Gasteiger partial charge in [0.15, 0.2) is 0 Å². The van der Waals surface area contributed by atoms with Crippen LogP contribution in [0.5, 0.6) is 0 Å². The summed E-state index contributed by atoms with van der Waals surface area (Å²) >= 11 is 0. The van der Waals surface area contributed by atoms with Gasteiger partial charge in [-0.1, -0.05) is 30.3 Å². The maximum atomic E-state index is 11.8. The fraction of sp³-hybridized carbons (Fsp3) is 0.588. The number of rotatable bonds is 6. The Bertz CT molecular complexity index is 456. The van der Waals surface area contributed by atoms with Gasteiger partial charge in [-0.2, -0.15) is 0 Å². The first-order chi connectivity index (χ1) is 10.0. The largest absolute Gasteiger partial charge is 0.481 e. The Morgan fingerprint density at radius 3 is 2.71 bits per heavy atom. The molecule has 1 aromatic carbocycles. The summed E-state index contributed by atoms with van der Waals surface area (Å²) in [4.78, 5) is 13.9. The average Bonchev–Trinajstić information content (AvgIpc) is 2.48. The second-order valence-electron chi connectivity index (χ2n) is 6.28. The van der Waals surface area contributed by atoms with E-state index in [1.165, 1.54) is 6.42 Å². The summed E-state index contributed by atoms with van der Waals surface area (Å²) in [5, 5.41) is 9.69. The van der Waals surface area contributed by atoms with Crippen molar-refractivity contribution in [3.63, 3.8) is 0 Å². The highest BCUT2D eigenvalue weighted by Crippen LogP contribution is 2.26. The molecule has 1 N–H and O–H groups in total. The van der Waals surface area contributed by atoms with E-state index in [0.29, 0.717) is 12.5 Å². The number of carboxylic acid groups (broad SMARTS) is 1. The van der Waals surface area contributed by atoms with Crippen LogP contribution < -0.4 is 0 Å². The minimum atomic E-state index is -0.883. The minimum absolute atomic E-state index is 0.503. The van der Waals surface area contributed by atoms with E-state index < -0.39 is 11.4 Å². The molecule has 116 valence electrons. The van der Waals surface area contributed by atoms with Crippen LogP contribution in [-0.4, -0.2) is 49.3 Å². The molecule has 0 saturated carbocycles. The van der Waals surface area contributed by atoms with E-state index in [1.807, 2.05) is 37.4 Å². The van der Waals surface area contributed by atoms with Gasteiger partial charge >= 0.3 is 5.97 Å². The molecule has 4 heteroatoms. The molecule has 1 aliphatic heterocycles. The molecule has 2 unspecified atom stereocenters. The highest BCUT2D eigenvalue weighted by Gasteiger charge is 2.36. The highest BCUT2D eigenvalue weighted by molar-refractivity contribution is 5.81. The molecule has 0 amide bonds. The van der Waals surface area contributed by atoms with Crippen molar-refractivity contribution in [2.24, 2.45) is 5.92 Å². The van der Waals surface area contributed by atoms with Crippen LogP contribution >= 0.6 is 0 Å². The van der Waals surface area contributed by atoms with Crippen molar-refractivity contribution in [2.75, 3.05) is 33.4 Å². The standard InChI is InChI=1S/C17H25NO3/c1-17(16(19)20,15-8-4-3-5-9-15)13-18(2)11-14-7-6-10-21-12-14/h3-5,8-9,14H,6-7,10-13H2,1-2H3,(H,19,20). The van der Waals surface area contributed by atoms with Gasteiger partial charge in [0.05, 0.1) is 6.61 Å². The molecular formula is C17H25NO3. The molecule has 1 fully saturated rings. The average molecular weight is 291 g/mol. The van der Waals surface area contributed by atoms with E-state index in [4.69, 9.17) is 4.74 Å². The molecule has 2 rings (SSSR count). The summed E-state index contributed by atoms with van der Waals surface area (Å²) in [6.07, 6.45) is 2.27. The van der Waals surface area contributed by atoms with Gasteiger partial charge < -0.3 is 14.7 Å². The van der Waals surface area contributed by atoms with E-state index >= 15 is 0 Å². The lowest BCUT2D eigenvalue weighted by Crippen LogP contribution is -2.45. The molecule has 1 aliphatic rings. The molecule has 0 bridgehead atoms. The molecular weight excluding hydrogens is 266 g/mol. The molecule has 0 radical (unpaired) electrons. The van der Waals surface area contributed by atoms with Crippen LogP contribution in [-0.2, 0) is 14.9 Å². The Hall–Kier alpha value is -1.39. The van der Waals surface area contributed by atoms with Gasteiger partial charge in [0.25, 0.3) is 0 Å². The highest BCUT2D eigenvalue weighted by atomic mass is 16.5. The zero-order chi connectivity index (χ0) is 15.3. The fourth-order valence-electron chi connectivity index (χ4n) is 3.08. The lowest BCUT2D eigenvalue weighted by Gasteiger charge is -2.33. The number of likely N-dealkylation sites (N-methyl/N-ethyl adjacent to an activating group) is 1. The Kier molecular flexibility index (Phi) is 5.37. The number of ether oxygens (including phenoxy) is 1. The molecule has 4 nitrogen and oxygen atoms in total. The van der Waals surface area contributed by atoms with E-state index in [-0.39, 0.29) is 0 Å². The van der Waals surface area contributed by atoms with Crippen molar-refractivity contribution in [2.45, 2.75) is 25.2 Å². The first-order valence-electron chi connectivity index (χ1n) is 7.57. The summed E-state index contributed by atoms with van der Waals surface area (Å²) < 4.78 is 5.50. The molecule has 1 saturated heterocycles. The van der Waals surface area contributed by atoms with E-state index in [9.17, 15) is 9.90 Å². The predicted molar refractivity (Wildman–Crippen MR) is 82.5 cm³/mol. The van der Waals surface area contributed by atoms with Gasteiger partial charge in [0.2, 0.25) is 0 Å². The molecule has 0 aliphatic carbocycles. The topological polar surface area (TPSA) is 49.8 Å². The summed E-state index contributed by atoms with van der Waals surface area (Å²) in [6.45, 7) is 4.84. The number of carbonyl (C=O) groups is 1. The zero-order valence-electron chi connectivity index (χ0n) is 12.9. The predicted octanol–water partition coefficient (Wildman–Crippen LogP) is 2.39. The van der Waals surface area contributed by atoms with Crippen LogP contribution in [0.25, 0.3) is 0 Å². The number of benzene rings is 1. The van der Waals surface area contributed by atoms with Gasteiger partial charge in [-0.05, 0) is 38.3 Å². The van der Waals surface area contributed by atoms with Gasteiger partial charge in [0, 0.05) is 19.7 Å². The third kappa shape index (κ3) is 4.05. The van der Waals surface area contributed by atoms with Crippen molar-refractivity contribution in [3.8, 4) is 0 Å². The second-order valence-corrected chi connectivity index (χ2v) is 6.28. The zero-order valence-corrected chi connectivity index (χ0v) is 12.9. The lowest BCUT2D eigenvalue weighted by molar-refractivity contribution is -0.144. The number of carboxylic acids is 1. The minimum Gasteiger partial charge on any atom is -0.481 e. The first-order valence-corrected chi connectivity index (χ1v) is 7.57. The summed E-state index contributed by atoms with van der Waals surface area (Å²) in [6, 6.07) is 9.49. The van der Waals surface area contributed by atoms with Crippen LogP contribution in [0.4, 0.5) is 0 Å². The second kappa shape index (κ2) is 7.05. The Morgan fingerprint density at radius 1 is 1.43 bits per heavy atom. The monoisotopic (exact) mass is 291 g/mol. The third-order valence-corrected chi connectivity index (χ3v) is 4.29. The molecule has 1 aromatic rings. The summed E-state index contributed by atoms with van der Waals surface area (Å²) in [5.74, 6) is -0.266. The summed E-state index contributed by atoms with van der Waals surface area (Å²) in [7, 11) is 2.00. The van der Waals surface area contributed by atoms with Crippen molar-refractivity contribution in [1.29, 1.82) is 0 Å². The van der Waals surface area contributed by atoms with Crippen LogP contribution in [0.2, 0.25) is 0 Å². The van der Waals surface area contributed by atoms with E-state index in [2.05, 4.69) is 4.90 Å². The maximum absolute atomic E-state index is 11.8. The number of aliphatic carboxylic acids is 1. The van der Waals surface area contributed by atoms with Crippen molar-refractivity contribution < 1.29 is 14.6 Å². The summed E-state index contributed by atoms with van der Waals surface area (Å²) in [5.41, 5.74) is -0.0322. The van der Waals surface area contributed by atoms with Gasteiger partial charge in [-0.15, -0.1) is 0 Å². The SMILES string of the molecule is CN(CC1CCCOC1)CC(C)(C(=O)O)c1ccccc1. The number of nitrogens with zero attached hydrogens (tertiary/aromatic N) is 1. The fourth-order valence-corrected chi connectivity index (χ4v) is 3.08. The van der Waals surface area contributed by atoms with Crippen LogP contribution in [0.1, 0.15) is 25.3 Å². The molecule has 0 spiro atoms. The lowest BCUT2D eigenvalue weighted by atomic mass is 9.82. The molecule has 0 aromatic heterocycles. The van der Waals surface area contributed by atoms with Crippen LogP contribution in [0.3, 0.4) is 0 Å². The Labute approximate surface area is 126 Å². The number of hydrogen-bond acceptors (Lipinski definition) is 3. The Morgan fingerprint density at radius 2 is 2.14 bits per heavy atom. The third-order valence-electron chi connectivity index (χ3n) is 4.29. The maximum Gasteiger partial charge on any atom is 0.315 e. The normalized spacial score (nSPS) is 22.0. The molecule has 2 atom stereocenters. The molecule has 1 heterocycles. The van der Waals surface area contributed by atoms with Crippen LogP contribution in [0.15, 0.2) is 30.3 Å². The van der Waals surface area contributed by atoms with E-state index in [1.54, 1.807) is 6.92 Å². The van der Waals surface area contributed by atoms with Crippen molar-refractivity contribution in [1.82, 2.24) is 4.90 Å². The van der Waals surface area contributed by atoms with Gasteiger partial charge in [-0.3, -0.25) is 4.79 Å². The van der Waals surface area contributed by atoms with Gasteiger partial charge in [0.1, 0.15) is 5.41 Å².